The van der Waals surface area contributed by atoms with Gasteiger partial charge in [0.15, 0.2) is 6.61 Å². The van der Waals surface area contributed by atoms with Gasteiger partial charge in [0.25, 0.3) is 5.16 Å². The summed E-state index contributed by atoms with van der Waals surface area (Å²) in [6.07, 6.45) is 0.785. The summed E-state index contributed by atoms with van der Waals surface area (Å²) in [7, 11) is -4.03. The van der Waals surface area contributed by atoms with Gasteiger partial charge in [-0.05, 0) is 37.6 Å². The van der Waals surface area contributed by atoms with E-state index in [0.717, 1.165) is 6.26 Å². The van der Waals surface area contributed by atoms with Crippen LogP contribution in [0.4, 0.5) is 5.69 Å². The number of hydrogen-bond donors (Lipinski definition) is 0. The lowest BCUT2D eigenvalue weighted by atomic mass is 10.1. The van der Waals surface area contributed by atoms with Crippen LogP contribution in [0.3, 0.4) is 0 Å². The summed E-state index contributed by atoms with van der Waals surface area (Å²) in [5.41, 5.74) is -0.0709. The monoisotopic (exact) mass is 436 g/mol. The molecule has 0 fully saturated rings. The maximum atomic E-state index is 11.9. The Labute approximate surface area is 171 Å². The molecule has 1 heterocycles. The largest absolute Gasteiger partial charge is 0.463 e. The minimum absolute atomic E-state index is 0.00384. The van der Waals surface area contributed by atoms with Gasteiger partial charge in [-0.25, -0.2) is 13.2 Å². The van der Waals surface area contributed by atoms with Gasteiger partial charge < -0.3 is 14.2 Å². The van der Waals surface area contributed by atoms with Gasteiger partial charge in [-0.2, -0.15) is 15.2 Å². The van der Waals surface area contributed by atoms with Crippen LogP contribution in [0.2, 0.25) is 0 Å². The summed E-state index contributed by atoms with van der Waals surface area (Å²) in [4.78, 5) is 29.4. The molecule has 0 bridgehead atoms. The Morgan fingerprint density at radius 2 is 1.93 bits per heavy atom. The molecular weight excluding hydrogens is 420 g/mol. The van der Waals surface area contributed by atoms with E-state index in [2.05, 4.69) is 14.7 Å². The van der Waals surface area contributed by atoms with Crippen molar-refractivity contribution in [1.29, 1.82) is 5.26 Å². The zero-order valence-corrected chi connectivity index (χ0v) is 16.9. The minimum Gasteiger partial charge on any atom is -0.463 e. The Morgan fingerprint density at radius 1 is 1.27 bits per heavy atom. The van der Waals surface area contributed by atoms with Crippen molar-refractivity contribution in [2.24, 2.45) is 0 Å². The lowest BCUT2D eigenvalue weighted by Gasteiger charge is -2.11. The Hall–Kier alpha value is -3.79. The number of aromatic nitrogens is 2. The van der Waals surface area contributed by atoms with Crippen LogP contribution in [0, 0.1) is 28.4 Å². The van der Waals surface area contributed by atoms with Crippen molar-refractivity contribution in [1.82, 2.24) is 9.97 Å². The number of nitrogens with zero attached hydrogens (tertiary/aromatic N) is 4. The van der Waals surface area contributed by atoms with Gasteiger partial charge >= 0.3 is 23.4 Å². The fourth-order valence-corrected chi connectivity index (χ4v) is 2.70. The fraction of sp³-hybridized carbons (Fsp3) is 0.294. The van der Waals surface area contributed by atoms with Gasteiger partial charge in [0.05, 0.1) is 23.2 Å². The molecule has 158 valence electrons. The summed E-state index contributed by atoms with van der Waals surface area (Å²) in [6, 6.07) is 6.21. The van der Waals surface area contributed by atoms with Gasteiger partial charge in [-0.3, -0.25) is 10.1 Å². The second-order valence-electron chi connectivity index (χ2n) is 5.84. The highest BCUT2D eigenvalue weighted by Gasteiger charge is 2.31. The standard InChI is InChI=1S/C17H16N4O8S/c1-4-27-13(22)9-28-15-14(21(23)24)16(20-17(19-15)30(3,25)26)29-12-6-10(2)5-11(7-12)8-18/h5-7H,4,9H2,1-3H3. The van der Waals surface area contributed by atoms with E-state index in [0.29, 0.717) is 5.56 Å². The average molecular weight is 436 g/mol. The van der Waals surface area contributed by atoms with Crippen LogP contribution in [-0.2, 0) is 19.4 Å². The number of nitro groups is 1. The van der Waals surface area contributed by atoms with Crippen LogP contribution in [0.25, 0.3) is 0 Å². The zero-order chi connectivity index (χ0) is 22.5. The number of rotatable bonds is 8. The third-order valence-corrected chi connectivity index (χ3v) is 4.19. The highest BCUT2D eigenvalue weighted by Crippen LogP contribution is 2.37. The molecule has 0 atom stereocenters. The summed E-state index contributed by atoms with van der Waals surface area (Å²) in [6.45, 7) is 2.51. The van der Waals surface area contributed by atoms with E-state index in [1.54, 1.807) is 19.9 Å². The topological polar surface area (TPSA) is 172 Å². The summed E-state index contributed by atoms with van der Waals surface area (Å²) < 4.78 is 39.0. The maximum absolute atomic E-state index is 11.9. The van der Waals surface area contributed by atoms with E-state index in [9.17, 15) is 23.3 Å². The molecule has 0 radical (unpaired) electrons. The smallest absolute Gasteiger partial charge is 0.392 e. The first-order chi connectivity index (χ1) is 14.0. The van der Waals surface area contributed by atoms with Crippen LogP contribution in [0.15, 0.2) is 23.4 Å². The predicted molar refractivity (Wildman–Crippen MR) is 99.9 cm³/mol. The maximum Gasteiger partial charge on any atom is 0.392 e. The second-order valence-corrected chi connectivity index (χ2v) is 7.75. The molecule has 0 aliphatic carbocycles. The van der Waals surface area contributed by atoms with Crippen LogP contribution < -0.4 is 9.47 Å². The number of nitriles is 1. The van der Waals surface area contributed by atoms with Crippen LogP contribution in [0.1, 0.15) is 18.1 Å². The number of esters is 1. The summed E-state index contributed by atoms with van der Waals surface area (Å²) in [5.74, 6) is -2.36. The Morgan fingerprint density at radius 3 is 2.50 bits per heavy atom. The molecule has 13 heteroatoms. The average Bonchev–Trinajstić information content (AvgIpc) is 2.64. The molecule has 0 N–H and O–H groups in total. The highest BCUT2D eigenvalue weighted by atomic mass is 32.2. The third kappa shape index (κ3) is 5.61. The van der Waals surface area contributed by atoms with Crippen molar-refractivity contribution in [3.05, 3.63) is 39.4 Å². The van der Waals surface area contributed by atoms with Crippen molar-refractivity contribution in [2.45, 2.75) is 19.0 Å². The van der Waals surface area contributed by atoms with Gasteiger partial charge in [-0.15, -0.1) is 0 Å². The number of ether oxygens (including phenoxy) is 3. The minimum atomic E-state index is -4.03. The quantitative estimate of drug-likeness (QED) is 0.255. The molecule has 1 aromatic heterocycles. The Kier molecular flexibility index (Phi) is 6.85. The highest BCUT2D eigenvalue weighted by molar-refractivity contribution is 7.90. The Bertz CT molecular complexity index is 1140. The molecule has 2 rings (SSSR count). The van der Waals surface area contributed by atoms with Crippen LogP contribution in [-0.4, -0.2) is 48.7 Å². The number of benzene rings is 1. The van der Waals surface area contributed by atoms with Crippen molar-refractivity contribution >= 4 is 21.5 Å². The molecule has 2 aromatic rings. The van der Waals surface area contributed by atoms with Crippen molar-refractivity contribution in [3.63, 3.8) is 0 Å². The van der Waals surface area contributed by atoms with Gasteiger partial charge in [0, 0.05) is 6.26 Å². The molecule has 0 amide bonds. The van der Waals surface area contributed by atoms with E-state index < -0.39 is 49.9 Å². The number of hydrogen-bond acceptors (Lipinski definition) is 11. The SMILES string of the molecule is CCOC(=O)COc1nc(S(C)(=O)=O)nc(Oc2cc(C)cc(C#N)c2)c1[N+](=O)[O-]. The normalized spacial score (nSPS) is 10.7. The molecule has 0 unspecified atom stereocenters. The van der Waals surface area contributed by atoms with Crippen LogP contribution in [0.5, 0.6) is 17.5 Å². The molecule has 0 spiro atoms. The summed E-state index contributed by atoms with van der Waals surface area (Å²) >= 11 is 0. The second kappa shape index (κ2) is 9.14. The summed E-state index contributed by atoms with van der Waals surface area (Å²) in [5, 5.41) is 19.9. The van der Waals surface area contributed by atoms with Crippen molar-refractivity contribution in [3.8, 4) is 23.6 Å². The lowest BCUT2D eigenvalue weighted by molar-refractivity contribution is -0.387. The third-order valence-electron chi connectivity index (χ3n) is 3.34. The Balaban J connectivity index is 2.60. The first-order valence-corrected chi connectivity index (χ1v) is 10.2. The molecule has 1 aromatic carbocycles. The van der Waals surface area contributed by atoms with E-state index in [-0.39, 0.29) is 17.9 Å². The molecular formula is C17H16N4O8S. The lowest BCUT2D eigenvalue weighted by Crippen LogP contribution is -2.17. The van der Waals surface area contributed by atoms with E-state index in [1.165, 1.54) is 12.1 Å². The van der Waals surface area contributed by atoms with E-state index in [1.807, 2.05) is 6.07 Å². The fourth-order valence-electron chi connectivity index (χ4n) is 2.20. The van der Waals surface area contributed by atoms with Gasteiger partial charge in [-0.1, -0.05) is 0 Å². The predicted octanol–water partition coefficient (Wildman–Crippen LogP) is 1.70. The van der Waals surface area contributed by atoms with E-state index >= 15 is 0 Å². The first-order valence-electron chi connectivity index (χ1n) is 8.29. The molecule has 0 saturated carbocycles. The van der Waals surface area contributed by atoms with E-state index in [4.69, 9.17) is 14.7 Å². The molecule has 12 nitrogen and oxygen atoms in total. The molecule has 0 aliphatic rings. The van der Waals surface area contributed by atoms with Gasteiger partial charge in [0.1, 0.15) is 5.75 Å². The first kappa shape index (κ1) is 22.5. The number of aryl methyl sites for hydroxylation is 1. The number of sulfone groups is 1. The van der Waals surface area contributed by atoms with Crippen molar-refractivity contribution in [2.75, 3.05) is 19.5 Å². The molecule has 30 heavy (non-hydrogen) atoms. The van der Waals surface area contributed by atoms with Crippen LogP contribution >= 0.6 is 0 Å². The number of carbonyl (C=O) groups is 1. The van der Waals surface area contributed by atoms with Gasteiger partial charge in [0.2, 0.25) is 9.84 Å². The molecule has 0 aliphatic heterocycles. The zero-order valence-electron chi connectivity index (χ0n) is 16.1. The van der Waals surface area contributed by atoms with Crippen molar-refractivity contribution < 1.29 is 32.3 Å². The number of carbonyl (C=O) groups excluding carboxylic acids is 1. The molecule has 0 saturated heterocycles.